The van der Waals surface area contributed by atoms with Gasteiger partial charge in [0, 0.05) is 6.54 Å². The number of hydrogen-bond acceptors (Lipinski definition) is 6. The molecule has 2 aromatic carbocycles. The van der Waals surface area contributed by atoms with Gasteiger partial charge < -0.3 is 14.6 Å². The number of amidine groups is 1. The summed E-state index contributed by atoms with van der Waals surface area (Å²) in [6.45, 7) is 4.66. The summed E-state index contributed by atoms with van der Waals surface area (Å²) in [5, 5.41) is 10.7. The zero-order valence-electron chi connectivity index (χ0n) is 17.2. The van der Waals surface area contributed by atoms with E-state index >= 15 is 0 Å². The third kappa shape index (κ3) is 4.91. The van der Waals surface area contributed by atoms with Crippen molar-refractivity contribution >= 4 is 46.2 Å². The fourth-order valence-electron chi connectivity index (χ4n) is 2.87. The van der Waals surface area contributed by atoms with E-state index in [1.807, 2.05) is 24.3 Å². The van der Waals surface area contributed by atoms with E-state index in [9.17, 15) is 9.90 Å². The average molecular weight is 447 g/mol. The molecule has 8 heteroatoms. The quantitative estimate of drug-likeness (QED) is 0.608. The van der Waals surface area contributed by atoms with Crippen molar-refractivity contribution in [2.45, 2.75) is 13.8 Å². The molecular formula is C22H23ClN2O4S. The number of thioether (sulfide) groups is 1. The van der Waals surface area contributed by atoms with Crippen molar-refractivity contribution < 1.29 is 19.4 Å². The fourth-order valence-corrected chi connectivity index (χ4v) is 4.10. The van der Waals surface area contributed by atoms with Crippen LogP contribution in [0.1, 0.15) is 19.4 Å². The van der Waals surface area contributed by atoms with Gasteiger partial charge in [-0.1, -0.05) is 25.4 Å². The van der Waals surface area contributed by atoms with Crippen LogP contribution in [-0.4, -0.2) is 41.8 Å². The van der Waals surface area contributed by atoms with Crippen LogP contribution in [0.4, 0.5) is 5.69 Å². The normalized spacial score (nSPS) is 16.7. The topological polar surface area (TPSA) is 71.4 Å². The van der Waals surface area contributed by atoms with E-state index in [2.05, 4.69) is 18.8 Å². The van der Waals surface area contributed by atoms with E-state index in [1.54, 1.807) is 30.2 Å². The molecule has 1 aliphatic rings. The van der Waals surface area contributed by atoms with Crippen molar-refractivity contribution in [3.63, 3.8) is 0 Å². The number of nitrogens with zero attached hydrogens (tertiary/aromatic N) is 2. The lowest BCUT2D eigenvalue weighted by Crippen LogP contribution is -2.32. The second kappa shape index (κ2) is 9.45. The van der Waals surface area contributed by atoms with Gasteiger partial charge in [0.2, 0.25) is 0 Å². The van der Waals surface area contributed by atoms with E-state index in [1.165, 1.54) is 18.9 Å². The summed E-state index contributed by atoms with van der Waals surface area (Å²) in [5.41, 5.74) is 1.39. The third-order valence-corrected chi connectivity index (χ3v) is 5.60. The molecule has 0 unspecified atom stereocenters. The highest BCUT2D eigenvalue weighted by atomic mass is 35.5. The van der Waals surface area contributed by atoms with E-state index in [4.69, 9.17) is 21.1 Å². The van der Waals surface area contributed by atoms with E-state index in [-0.39, 0.29) is 28.3 Å². The van der Waals surface area contributed by atoms with Crippen molar-refractivity contribution in [2.75, 3.05) is 20.8 Å². The van der Waals surface area contributed by atoms with E-state index in [0.717, 1.165) is 11.4 Å². The predicted molar refractivity (Wildman–Crippen MR) is 122 cm³/mol. The monoisotopic (exact) mass is 446 g/mol. The molecule has 6 nitrogen and oxygen atoms in total. The minimum atomic E-state index is -0.130. The number of aromatic hydroxyl groups is 1. The minimum absolute atomic E-state index is 0.121. The molecule has 1 saturated heterocycles. The van der Waals surface area contributed by atoms with Crippen LogP contribution >= 0.6 is 23.4 Å². The number of amides is 1. The van der Waals surface area contributed by atoms with Crippen LogP contribution in [0.2, 0.25) is 5.02 Å². The molecule has 0 radical (unpaired) electrons. The van der Waals surface area contributed by atoms with Crippen LogP contribution in [0.5, 0.6) is 17.2 Å². The first-order chi connectivity index (χ1) is 14.3. The van der Waals surface area contributed by atoms with Gasteiger partial charge in [0.25, 0.3) is 5.91 Å². The van der Waals surface area contributed by atoms with E-state index < -0.39 is 0 Å². The van der Waals surface area contributed by atoms with Crippen molar-refractivity contribution in [1.82, 2.24) is 4.90 Å². The number of carbonyl (C=O) groups excluding carboxylic acids is 1. The Morgan fingerprint density at radius 2 is 1.90 bits per heavy atom. The lowest BCUT2D eigenvalue weighted by Gasteiger charge is -2.17. The Kier molecular flexibility index (Phi) is 6.95. The van der Waals surface area contributed by atoms with Crippen LogP contribution in [0.25, 0.3) is 6.08 Å². The number of benzene rings is 2. The molecule has 1 heterocycles. The number of carbonyl (C=O) groups is 1. The van der Waals surface area contributed by atoms with Gasteiger partial charge in [0.1, 0.15) is 5.75 Å². The van der Waals surface area contributed by atoms with Gasteiger partial charge in [0.15, 0.2) is 16.7 Å². The molecule has 0 atom stereocenters. The first-order valence-corrected chi connectivity index (χ1v) is 10.5. The smallest absolute Gasteiger partial charge is 0.266 e. The molecule has 0 saturated carbocycles. The summed E-state index contributed by atoms with van der Waals surface area (Å²) in [4.78, 5) is 20.0. The maximum Gasteiger partial charge on any atom is 0.266 e. The summed E-state index contributed by atoms with van der Waals surface area (Å²) < 4.78 is 10.3. The zero-order valence-corrected chi connectivity index (χ0v) is 18.8. The van der Waals surface area contributed by atoms with Crippen LogP contribution in [-0.2, 0) is 4.79 Å². The van der Waals surface area contributed by atoms with Crippen LogP contribution in [0.15, 0.2) is 46.3 Å². The molecule has 1 aliphatic heterocycles. The van der Waals surface area contributed by atoms with Gasteiger partial charge in [-0.2, -0.15) is 0 Å². The highest BCUT2D eigenvalue weighted by molar-refractivity contribution is 8.18. The average Bonchev–Trinajstić information content (AvgIpc) is 2.99. The SMILES string of the molecule is COc1ccc(N=C2S/C(=C/c3cc(Cl)c(O)c(OC)c3)C(=O)N2CC(C)C)cc1. The molecule has 0 aliphatic carbocycles. The Morgan fingerprint density at radius 3 is 2.50 bits per heavy atom. The number of phenolic OH excluding ortho intramolecular Hbond substituents is 1. The summed E-state index contributed by atoms with van der Waals surface area (Å²) in [6.07, 6.45) is 1.73. The number of phenols is 1. The number of methoxy groups -OCH3 is 2. The van der Waals surface area contributed by atoms with Crippen molar-refractivity contribution in [3.05, 3.63) is 51.9 Å². The Balaban J connectivity index is 1.97. The second-order valence-corrected chi connectivity index (χ2v) is 8.48. The maximum absolute atomic E-state index is 13.1. The molecular weight excluding hydrogens is 424 g/mol. The predicted octanol–water partition coefficient (Wildman–Crippen LogP) is 5.32. The molecule has 158 valence electrons. The summed E-state index contributed by atoms with van der Waals surface area (Å²) in [7, 11) is 3.06. The number of hydrogen-bond donors (Lipinski definition) is 1. The summed E-state index contributed by atoms with van der Waals surface area (Å²) in [6, 6.07) is 10.6. The molecule has 3 rings (SSSR count). The van der Waals surface area contributed by atoms with E-state index in [0.29, 0.717) is 22.2 Å². The van der Waals surface area contributed by atoms with Crippen LogP contribution in [0.3, 0.4) is 0 Å². The largest absolute Gasteiger partial charge is 0.503 e. The van der Waals surface area contributed by atoms with Crippen molar-refractivity contribution in [2.24, 2.45) is 10.9 Å². The first kappa shape index (κ1) is 22.1. The van der Waals surface area contributed by atoms with Gasteiger partial charge in [-0.15, -0.1) is 0 Å². The Morgan fingerprint density at radius 1 is 1.20 bits per heavy atom. The molecule has 1 N–H and O–H groups in total. The zero-order chi connectivity index (χ0) is 21.8. The van der Waals surface area contributed by atoms with Crippen molar-refractivity contribution in [3.8, 4) is 17.2 Å². The van der Waals surface area contributed by atoms with Crippen molar-refractivity contribution in [1.29, 1.82) is 0 Å². The molecule has 2 aromatic rings. The second-order valence-electron chi connectivity index (χ2n) is 7.07. The number of aliphatic imine (C=N–C) groups is 1. The third-order valence-electron chi connectivity index (χ3n) is 4.30. The first-order valence-electron chi connectivity index (χ1n) is 9.33. The molecule has 30 heavy (non-hydrogen) atoms. The summed E-state index contributed by atoms with van der Waals surface area (Å²) >= 11 is 7.38. The highest BCUT2D eigenvalue weighted by Crippen LogP contribution is 2.38. The Hall–Kier alpha value is -2.64. The molecule has 0 bridgehead atoms. The van der Waals surface area contributed by atoms with Gasteiger partial charge >= 0.3 is 0 Å². The molecule has 1 fully saturated rings. The van der Waals surface area contributed by atoms with Gasteiger partial charge in [-0.3, -0.25) is 9.69 Å². The Bertz CT molecular complexity index is 1000. The van der Waals surface area contributed by atoms with Gasteiger partial charge in [-0.25, -0.2) is 4.99 Å². The highest BCUT2D eigenvalue weighted by Gasteiger charge is 2.33. The fraction of sp³-hybridized carbons (Fsp3) is 0.273. The maximum atomic E-state index is 13.1. The summed E-state index contributed by atoms with van der Waals surface area (Å²) in [5.74, 6) is 1.01. The van der Waals surface area contributed by atoms with Crippen LogP contribution < -0.4 is 9.47 Å². The number of rotatable bonds is 6. The number of ether oxygens (including phenoxy) is 2. The molecule has 0 aromatic heterocycles. The van der Waals surface area contributed by atoms with Gasteiger partial charge in [-0.05, 0) is 65.7 Å². The van der Waals surface area contributed by atoms with Crippen LogP contribution in [0, 0.1) is 5.92 Å². The molecule has 0 spiro atoms. The number of halogens is 1. The van der Waals surface area contributed by atoms with Gasteiger partial charge in [0.05, 0.1) is 29.8 Å². The molecule has 1 amide bonds. The lowest BCUT2D eigenvalue weighted by molar-refractivity contribution is -0.122. The standard InChI is InChI=1S/C22H23ClN2O4S/c1-13(2)12-25-21(27)19(11-14-9-17(23)20(26)18(10-14)29-4)30-22(25)24-15-5-7-16(28-3)8-6-15/h5-11,13,26H,12H2,1-4H3/b19-11+,24-22?. The lowest BCUT2D eigenvalue weighted by atomic mass is 10.1. The Labute approximate surface area is 185 Å². The minimum Gasteiger partial charge on any atom is -0.503 e.